The van der Waals surface area contributed by atoms with Gasteiger partial charge >= 0.3 is 0 Å². The standard InChI is InChI=1S/C96H72O3S3/c1-7-94(8-2)76-49-55(79-43-46-82(100-79)85-64-31-19-13-25-58(64)73(52-97)59-26-14-20-32-65(59)85)37-40-70(76)88-91(94)89-71-41-38-56(80-44-47-83(101-80)86-66-33-21-15-27-60(66)74(53-98)61-28-16-22-34-67(61)86)50-77(71)95(9-3,10-4)93(89)90-72-42-39-57(51-78(72)96(11-5,12-6)92(88)90)81-45-48-84(102-81)87-68-35-23-17-29-62(68)75(54-99)63-30-18-24-36-69(63)87/h13-54H,7-12H2,1-6H3. The van der Waals surface area contributed by atoms with E-state index in [0.717, 1.165) is 139 Å². The van der Waals surface area contributed by atoms with Gasteiger partial charge in [-0.3, -0.25) is 14.4 Å². The summed E-state index contributed by atoms with van der Waals surface area (Å²) >= 11 is 5.56. The second-order valence-corrected chi connectivity index (χ2v) is 31.6. The van der Waals surface area contributed by atoms with Crippen LogP contribution >= 0.6 is 34.0 Å². The minimum Gasteiger partial charge on any atom is -0.298 e. The second-order valence-electron chi connectivity index (χ2n) is 28.4. The monoisotopic (exact) mass is 1370 g/mol. The summed E-state index contributed by atoms with van der Waals surface area (Å²) in [5.41, 5.74) is 25.8. The van der Waals surface area contributed by atoms with Crippen LogP contribution in [0.4, 0.5) is 0 Å². The van der Waals surface area contributed by atoms with Gasteiger partial charge in [-0.2, -0.15) is 0 Å². The first-order chi connectivity index (χ1) is 50.1. The van der Waals surface area contributed by atoms with Gasteiger partial charge in [0, 0.05) is 78.9 Å². The average Bonchev–Trinajstić information content (AvgIpc) is 1.48. The van der Waals surface area contributed by atoms with E-state index < -0.39 is 0 Å². The number of hydrogen-bond acceptors (Lipinski definition) is 6. The largest absolute Gasteiger partial charge is 0.298 e. The van der Waals surface area contributed by atoms with Crippen LogP contribution in [0.15, 0.2) is 237 Å². The van der Waals surface area contributed by atoms with Crippen LogP contribution in [-0.2, 0) is 16.2 Å². The molecule has 0 amide bonds. The summed E-state index contributed by atoms with van der Waals surface area (Å²) in [5, 5.41) is 12.4. The van der Waals surface area contributed by atoms with Crippen LogP contribution in [0, 0.1) is 0 Å². The zero-order valence-electron chi connectivity index (χ0n) is 57.9. The number of fused-ring (bicyclic) bond motifs is 18. The quantitative estimate of drug-likeness (QED) is 0.0759. The first kappa shape index (κ1) is 62.5. The molecular formula is C96H72O3S3. The van der Waals surface area contributed by atoms with Gasteiger partial charge < -0.3 is 0 Å². The van der Waals surface area contributed by atoms with E-state index in [-0.39, 0.29) is 16.2 Å². The molecule has 0 N–H and O–H groups in total. The fraction of sp³-hybridized carbons (Fsp3) is 0.156. The molecule has 3 aromatic heterocycles. The molecule has 3 aliphatic carbocycles. The normalized spacial score (nSPS) is 14.2. The van der Waals surface area contributed by atoms with Gasteiger partial charge in [0.1, 0.15) is 0 Å². The highest BCUT2D eigenvalue weighted by Crippen LogP contribution is 2.71. The van der Waals surface area contributed by atoms with Crippen LogP contribution < -0.4 is 0 Å². The van der Waals surface area contributed by atoms with E-state index >= 15 is 0 Å². The maximum Gasteiger partial charge on any atom is 0.151 e. The van der Waals surface area contributed by atoms with E-state index in [0.29, 0.717) is 0 Å². The lowest BCUT2D eigenvalue weighted by atomic mass is 9.65. The van der Waals surface area contributed by atoms with Crippen molar-refractivity contribution < 1.29 is 14.4 Å². The van der Waals surface area contributed by atoms with E-state index in [9.17, 15) is 14.4 Å². The summed E-state index contributed by atoms with van der Waals surface area (Å²) in [4.78, 5) is 45.9. The molecule has 0 radical (unpaired) electrons. The Morgan fingerprint density at radius 2 is 0.451 bits per heavy atom. The van der Waals surface area contributed by atoms with Gasteiger partial charge in [0.05, 0.1) is 0 Å². The third kappa shape index (κ3) is 8.37. The van der Waals surface area contributed by atoms with Crippen LogP contribution in [0.2, 0.25) is 0 Å². The van der Waals surface area contributed by atoms with Crippen molar-refractivity contribution in [2.75, 3.05) is 0 Å². The number of thiophene rings is 3. The van der Waals surface area contributed by atoms with Crippen molar-refractivity contribution >= 4 is 118 Å². The van der Waals surface area contributed by atoms with Crippen LogP contribution in [0.5, 0.6) is 0 Å². The highest BCUT2D eigenvalue weighted by molar-refractivity contribution is 7.19. The summed E-state index contributed by atoms with van der Waals surface area (Å²) in [6, 6.07) is 87.1. The van der Waals surface area contributed by atoms with Gasteiger partial charge in [-0.15, -0.1) is 34.0 Å². The molecule has 0 aliphatic heterocycles. The number of rotatable bonds is 15. The zero-order valence-corrected chi connectivity index (χ0v) is 60.4. The number of hydrogen-bond donors (Lipinski definition) is 0. The molecule has 0 saturated heterocycles. The van der Waals surface area contributed by atoms with Crippen molar-refractivity contribution in [3.8, 4) is 96.0 Å². The van der Waals surface area contributed by atoms with Gasteiger partial charge in [-0.1, -0.05) is 224 Å². The highest BCUT2D eigenvalue weighted by Gasteiger charge is 2.56. The number of aldehydes is 3. The van der Waals surface area contributed by atoms with Crippen molar-refractivity contribution in [1.29, 1.82) is 0 Å². The molecule has 0 atom stereocenters. The third-order valence-corrected chi connectivity index (χ3v) is 28.1. The van der Waals surface area contributed by atoms with Crippen molar-refractivity contribution in [3.63, 3.8) is 0 Å². The lowest BCUT2D eigenvalue weighted by Gasteiger charge is -2.37. The maximum absolute atomic E-state index is 12.9. The summed E-state index contributed by atoms with van der Waals surface area (Å²) in [5.74, 6) is 0. The van der Waals surface area contributed by atoms with E-state index in [1.54, 1.807) is 0 Å². The molecule has 3 nitrogen and oxygen atoms in total. The van der Waals surface area contributed by atoms with Crippen molar-refractivity contribution in [2.45, 2.75) is 96.3 Å². The lowest BCUT2D eigenvalue weighted by Crippen LogP contribution is -2.29. The molecular weight excluding hydrogens is 1300 g/mol. The molecule has 492 valence electrons. The molecule has 3 heterocycles. The minimum atomic E-state index is -0.323. The third-order valence-electron chi connectivity index (χ3n) is 24.7. The molecule has 19 rings (SSSR count). The molecule has 0 bridgehead atoms. The summed E-state index contributed by atoms with van der Waals surface area (Å²) < 4.78 is 0. The Morgan fingerprint density at radius 3 is 0.657 bits per heavy atom. The lowest BCUT2D eigenvalue weighted by molar-refractivity contribution is 0.111. The molecule has 0 unspecified atom stereocenters. The van der Waals surface area contributed by atoms with Crippen LogP contribution in [0.25, 0.3) is 161 Å². The van der Waals surface area contributed by atoms with Gasteiger partial charge in [0.15, 0.2) is 18.9 Å². The van der Waals surface area contributed by atoms with E-state index in [2.05, 4.69) is 242 Å². The molecule has 16 aromatic rings. The summed E-state index contributed by atoms with van der Waals surface area (Å²) in [7, 11) is 0. The Hall–Kier alpha value is -10.5. The molecule has 13 aromatic carbocycles. The maximum atomic E-state index is 12.9. The predicted molar refractivity (Wildman–Crippen MR) is 434 cm³/mol. The van der Waals surface area contributed by atoms with Gasteiger partial charge in [0.2, 0.25) is 0 Å². The Kier molecular flexibility index (Phi) is 14.4. The topological polar surface area (TPSA) is 51.2 Å². The Labute approximate surface area is 606 Å². The van der Waals surface area contributed by atoms with Crippen molar-refractivity contribution in [3.05, 3.63) is 287 Å². The van der Waals surface area contributed by atoms with E-state index in [1.807, 2.05) is 70.4 Å². The first-order valence-electron chi connectivity index (χ1n) is 36.3. The number of benzene rings is 13. The van der Waals surface area contributed by atoms with Crippen LogP contribution in [0.1, 0.15) is 145 Å². The molecule has 102 heavy (non-hydrogen) atoms. The van der Waals surface area contributed by atoms with E-state index in [4.69, 9.17) is 0 Å². The molecule has 6 heteroatoms. The second kappa shape index (κ2) is 23.6. The Morgan fingerprint density at radius 1 is 0.245 bits per heavy atom. The van der Waals surface area contributed by atoms with Gasteiger partial charge in [-0.25, -0.2) is 0 Å². The smallest absolute Gasteiger partial charge is 0.151 e. The fourth-order valence-electron chi connectivity index (χ4n) is 19.8. The Bertz CT molecular complexity index is 5510. The molecule has 0 saturated carbocycles. The fourth-order valence-corrected chi connectivity index (χ4v) is 23.1. The predicted octanol–water partition coefficient (Wildman–Crippen LogP) is 27.5. The van der Waals surface area contributed by atoms with Crippen LogP contribution in [-0.4, -0.2) is 18.9 Å². The van der Waals surface area contributed by atoms with Crippen molar-refractivity contribution in [2.24, 2.45) is 0 Å². The van der Waals surface area contributed by atoms with Crippen LogP contribution in [0.3, 0.4) is 0 Å². The highest BCUT2D eigenvalue weighted by atomic mass is 32.1. The summed E-state index contributed by atoms with van der Waals surface area (Å²) in [6.45, 7) is 14.8. The summed E-state index contributed by atoms with van der Waals surface area (Å²) in [6.07, 6.45) is 8.72. The van der Waals surface area contributed by atoms with Crippen molar-refractivity contribution in [1.82, 2.24) is 0 Å². The molecule has 0 spiro atoms. The minimum absolute atomic E-state index is 0.323. The average molecular weight is 1370 g/mol. The zero-order chi connectivity index (χ0) is 69.1. The first-order valence-corrected chi connectivity index (χ1v) is 38.8. The van der Waals surface area contributed by atoms with Gasteiger partial charge in [0.25, 0.3) is 0 Å². The molecule has 3 aliphatic rings. The van der Waals surface area contributed by atoms with Gasteiger partial charge in [-0.05, 0) is 241 Å². The number of carbonyl (C=O) groups excluding carboxylic acids is 3. The van der Waals surface area contributed by atoms with E-state index in [1.165, 1.54) is 129 Å². The number of carbonyl (C=O) groups is 3. The SMILES string of the molecule is CCC1(CC)c2cc(-c3ccc(-c4c5ccccc5c(C=O)c5ccccc45)s3)ccc2-c2c1c1c(c3c2C(CC)(CC)c2cc(-c4ccc(-c5c6ccccc6c(C=O)c6ccccc56)s4)ccc2-3)C(CC)(CC)c2cc(-c3ccc(-c4c5ccccc5c(C=O)c5ccccc45)s3)ccc2-1. The Balaban J connectivity index is 0.828. The molecule has 0 fully saturated rings.